The highest BCUT2D eigenvalue weighted by Crippen LogP contribution is 2.26. The van der Waals surface area contributed by atoms with Crippen LogP contribution >= 0.6 is 0 Å². The van der Waals surface area contributed by atoms with Gasteiger partial charge in [0.05, 0.1) is 19.4 Å². The smallest absolute Gasteiger partial charge is 0.327 e. The van der Waals surface area contributed by atoms with E-state index in [0.717, 1.165) is 10.9 Å². The van der Waals surface area contributed by atoms with Gasteiger partial charge in [-0.3, -0.25) is 4.79 Å². The van der Waals surface area contributed by atoms with Crippen LogP contribution in [0.3, 0.4) is 0 Å². The molecule has 0 spiro atoms. The van der Waals surface area contributed by atoms with Crippen LogP contribution in [0.1, 0.15) is 12.5 Å². The largest absolute Gasteiger partial charge is 0.464 e. The quantitative estimate of drug-likeness (QED) is 0.787. The van der Waals surface area contributed by atoms with Crippen molar-refractivity contribution in [2.24, 2.45) is 5.41 Å². The summed E-state index contributed by atoms with van der Waals surface area (Å²) in [7, 11) is 0. The lowest BCUT2D eigenvalue weighted by molar-refractivity contribution is -0.165. The molecule has 0 N–H and O–H groups in total. The van der Waals surface area contributed by atoms with Gasteiger partial charge in [0.2, 0.25) is 0 Å². The molecule has 3 heterocycles. The number of hydrogen-bond donors (Lipinski definition) is 0. The molecule has 1 saturated heterocycles. The highest BCUT2D eigenvalue weighted by molar-refractivity contribution is 5.77. The topological polar surface area (TPSA) is 66.2 Å². The van der Waals surface area contributed by atoms with E-state index in [9.17, 15) is 4.79 Å². The molecule has 106 valence electrons. The minimum absolute atomic E-state index is 0.0305. The Labute approximate surface area is 116 Å². The standard InChI is InChI=1S/C14H17N3O3/c1-10-3-11-5-16-17(13(11)15-4-10)6-12(18)20-9-14(2)7-19-8-14/h3-5H,6-9H2,1-2H3. The van der Waals surface area contributed by atoms with Crippen molar-refractivity contribution in [2.75, 3.05) is 19.8 Å². The fourth-order valence-electron chi connectivity index (χ4n) is 2.15. The molecule has 0 saturated carbocycles. The summed E-state index contributed by atoms with van der Waals surface area (Å²) in [6, 6.07) is 1.99. The Morgan fingerprint density at radius 1 is 1.50 bits per heavy atom. The third-order valence-corrected chi connectivity index (χ3v) is 3.37. The number of aromatic nitrogens is 3. The van der Waals surface area contributed by atoms with Crippen molar-refractivity contribution in [1.82, 2.24) is 14.8 Å². The van der Waals surface area contributed by atoms with E-state index in [1.165, 1.54) is 0 Å². The van der Waals surface area contributed by atoms with Crippen LogP contribution in [0, 0.1) is 12.3 Å². The first-order valence-corrected chi connectivity index (χ1v) is 6.57. The van der Waals surface area contributed by atoms with E-state index in [4.69, 9.17) is 9.47 Å². The van der Waals surface area contributed by atoms with Crippen molar-refractivity contribution in [2.45, 2.75) is 20.4 Å². The lowest BCUT2D eigenvalue weighted by Gasteiger charge is -2.37. The molecule has 0 bridgehead atoms. The van der Waals surface area contributed by atoms with Crippen molar-refractivity contribution in [3.63, 3.8) is 0 Å². The SMILES string of the molecule is Cc1cnc2c(cnn2CC(=O)OCC2(C)COC2)c1. The molecule has 3 rings (SSSR count). The Morgan fingerprint density at radius 3 is 3.00 bits per heavy atom. The molecule has 6 nitrogen and oxygen atoms in total. The van der Waals surface area contributed by atoms with Gasteiger partial charge in [-0.05, 0) is 18.6 Å². The van der Waals surface area contributed by atoms with E-state index in [0.29, 0.717) is 25.5 Å². The highest BCUT2D eigenvalue weighted by atomic mass is 16.5. The maximum Gasteiger partial charge on any atom is 0.327 e. The second kappa shape index (κ2) is 4.86. The Balaban J connectivity index is 1.65. The second-order valence-electron chi connectivity index (χ2n) is 5.69. The van der Waals surface area contributed by atoms with Crippen molar-refractivity contribution >= 4 is 17.0 Å². The number of aryl methyl sites for hydroxylation is 1. The predicted molar refractivity (Wildman–Crippen MR) is 72.2 cm³/mol. The molecular formula is C14H17N3O3. The van der Waals surface area contributed by atoms with Crippen molar-refractivity contribution < 1.29 is 14.3 Å². The van der Waals surface area contributed by atoms with E-state index in [1.807, 2.05) is 19.9 Å². The van der Waals surface area contributed by atoms with Crippen LogP contribution in [0.25, 0.3) is 11.0 Å². The van der Waals surface area contributed by atoms with Gasteiger partial charge in [-0.1, -0.05) is 6.92 Å². The summed E-state index contributed by atoms with van der Waals surface area (Å²) < 4.78 is 12.0. The van der Waals surface area contributed by atoms with Crippen LogP contribution in [0.5, 0.6) is 0 Å². The molecule has 0 atom stereocenters. The lowest BCUT2D eigenvalue weighted by atomic mass is 9.90. The normalized spacial score (nSPS) is 16.9. The van der Waals surface area contributed by atoms with Crippen molar-refractivity contribution in [3.8, 4) is 0 Å². The van der Waals surface area contributed by atoms with E-state index < -0.39 is 0 Å². The molecule has 0 radical (unpaired) electrons. The third kappa shape index (κ3) is 2.51. The van der Waals surface area contributed by atoms with Crippen LogP contribution in [0.15, 0.2) is 18.5 Å². The van der Waals surface area contributed by atoms with Gasteiger partial charge in [0.15, 0.2) is 5.65 Å². The molecule has 1 fully saturated rings. The number of hydrogen-bond acceptors (Lipinski definition) is 5. The average Bonchev–Trinajstić information content (AvgIpc) is 2.76. The average molecular weight is 275 g/mol. The molecule has 20 heavy (non-hydrogen) atoms. The van der Waals surface area contributed by atoms with Gasteiger partial charge >= 0.3 is 5.97 Å². The summed E-state index contributed by atoms with van der Waals surface area (Å²) in [6.45, 7) is 5.77. The molecule has 0 unspecified atom stereocenters. The maximum absolute atomic E-state index is 11.9. The first-order chi connectivity index (χ1) is 9.56. The van der Waals surface area contributed by atoms with Crippen LogP contribution in [-0.2, 0) is 20.8 Å². The first kappa shape index (κ1) is 13.1. The number of esters is 1. The number of rotatable bonds is 4. The molecule has 6 heteroatoms. The summed E-state index contributed by atoms with van der Waals surface area (Å²) >= 11 is 0. The third-order valence-electron chi connectivity index (χ3n) is 3.37. The molecule has 2 aromatic heterocycles. The monoisotopic (exact) mass is 275 g/mol. The van der Waals surface area contributed by atoms with Crippen molar-refractivity contribution in [1.29, 1.82) is 0 Å². The van der Waals surface area contributed by atoms with Gasteiger partial charge in [-0.15, -0.1) is 0 Å². The summed E-state index contributed by atoms with van der Waals surface area (Å²) in [4.78, 5) is 16.2. The minimum atomic E-state index is -0.300. The Hall–Kier alpha value is -1.95. The van der Waals surface area contributed by atoms with Crippen molar-refractivity contribution in [3.05, 3.63) is 24.0 Å². The predicted octanol–water partition coefficient (Wildman–Crippen LogP) is 1.32. The zero-order chi connectivity index (χ0) is 14.2. The fraction of sp³-hybridized carbons (Fsp3) is 0.500. The van der Waals surface area contributed by atoms with Gasteiger partial charge in [0, 0.05) is 17.0 Å². The molecule has 1 aliphatic rings. The number of ether oxygens (including phenoxy) is 2. The number of fused-ring (bicyclic) bond motifs is 1. The second-order valence-corrected chi connectivity index (χ2v) is 5.69. The van der Waals surface area contributed by atoms with Gasteiger partial charge in [0.1, 0.15) is 13.2 Å². The first-order valence-electron chi connectivity index (χ1n) is 6.57. The molecular weight excluding hydrogens is 258 g/mol. The van der Waals surface area contributed by atoms with Crippen LogP contribution < -0.4 is 0 Å². The van der Waals surface area contributed by atoms with Crippen LogP contribution in [-0.4, -0.2) is 40.6 Å². The molecule has 0 aliphatic carbocycles. The zero-order valence-electron chi connectivity index (χ0n) is 11.6. The Morgan fingerprint density at radius 2 is 2.30 bits per heavy atom. The van der Waals surface area contributed by atoms with Gasteiger partial charge in [-0.2, -0.15) is 5.10 Å². The van der Waals surface area contributed by atoms with E-state index in [1.54, 1.807) is 17.1 Å². The number of carbonyl (C=O) groups is 1. The van der Waals surface area contributed by atoms with E-state index >= 15 is 0 Å². The van der Waals surface area contributed by atoms with Crippen LogP contribution in [0.2, 0.25) is 0 Å². The molecule has 2 aromatic rings. The zero-order valence-corrected chi connectivity index (χ0v) is 11.6. The van der Waals surface area contributed by atoms with E-state index in [2.05, 4.69) is 10.1 Å². The van der Waals surface area contributed by atoms with E-state index in [-0.39, 0.29) is 17.9 Å². The lowest BCUT2D eigenvalue weighted by Crippen LogP contribution is -2.44. The van der Waals surface area contributed by atoms with Gasteiger partial charge < -0.3 is 9.47 Å². The summed E-state index contributed by atoms with van der Waals surface area (Å²) in [5.74, 6) is -0.300. The summed E-state index contributed by atoms with van der Waals surface area (Å²) in [5, 5.41) is 5.11. The molecule has 0 aromatic carbocycles. The Kier molecular flexibility index (Phi) is 3.17. The Bertz CT molecular complexity index is 646. The summed E-state index contributed by atoms with van der Waals surface area (Å²) in [6.07, 6.45) is 3.47. The highest BCUT2D eigenvalue weighted by Gasteiger charge is 2.34. The number of nitrogens with zero attached hydrogens (tertiary/aromatic N) is 3. The number of pyridine rings is 1. The molecule has 1 aliphatic heterocycles. The number of carbonyl (C=O) groups excluding carboxylic acids is 1. The summed E-state index contributed by atoms with van der Waals surface area (Å²) in [5.41, 5.74) is 1.74. The van der Waals surface area contributed by atoms with Gasteiger partial charge in [0.25, 0.3) is 0 Å². The molecule has 0 amide bonds. The fourth-order valence-corrected chi connectivity index (χ4v) is 2.15. The van der Waals surface area contributed by atoms with Gasteiger partial charge in [-0.25, -0.2) is 9.67 Å². The minimum Gasteiger partial charge on any atom is -0.464 e. The van der Waals surface area contributed by atoms with Crippen LogP contribution in [0.4, 0.5) is 0 Å². The maximum atomic E-state index is 11.9.